The smallest absolute Gasteiger partial charge is 0.410 e. The Morgan fingerprint density at radius 1 is 1.10 bits per heavy atom. The van der Waals surface area contributed by atoms with Crippen LogP contribution in [0.4, 0.5) is 4.79 Å². The fourth-order valence-electron chi connectivity index (χ4n) is 4.15. The third-order valence-electron chi connectivity index (χ3n) is 5.70. The van der Waals surface area contributed by atoms with E-state index in [9.17, 15) is 9.59 Å². The first-order chi connectivity index (χ1) is 13.8. The molecule has 2 heterocycles. The molecular formula is C23H35N3O3. The minimum absolute atomic E-state index is 0.0568. The van der Waals surface area contributed by atoms with E-state index in [0.29, 0.717) is 32.1 Å². The maximum absolute atomic E-state index is 12.7. The minimum atomic E-state index is -0.513. The lowest BCUT2D eigenvalue weighted by molar-refractivity contribution is -0.124. The molecule has 0 aromatic heterocycles. The van der Waals surface area contributed by atoms with E-state index in [1.807, 2.05) is 26.8 Å². The van der Waals surface area contributed by atoms with Gasteiger partial charge in [0.05, 0.1) is 5.92 Å². The molecule has 29 heavy (non-hydrogen) atoms. The Kier molecular flexibility index (Phi) is 7.17. The average molecular weight is 402 g/mol. The largest absolute Gasteiger partial charge is 0.444 e. The summed E-state index contributed by atoms with van der Waals surface area (Å²) in [7, 11) is 0. The number of piperidine rings is 1. The molecule has 2 aliphatic heterocycles. The van der Waals surface area contributed by atoms with Gasteiger partial charge in [-0.2, -0.15) is 0 Å². The highest BCUT2D eigenvalue weighted by molar-refractivity contribution is 5.80. The van der Waals surface area contributed by atoms with E-state index in [2.05, 4.69) is 34.5 Å². The third-order valence-corrected chi connectivity index (χ3v) is 5.70. The van der Waals surface area contributed by atoms with Gasteiger partial charge >= 0.3 is 6.09 Å². The van der Waals surface area contributed by atoms with Crippen molar-refractivity contribution < 1.29 is 14.3 Å². The second-order valence-electron chi connectivity index (χ2n) is 9.26. The van der Waals surface area contributed by atoms with Crippen LogP contribution in [0.15, 0.2) is 30.3 Å². The van der Waals surface area contributed by atoms with Gasteiger partial charge in [-0.25, -0.2) is 4.79 Å². The minimum Gasteiger partial charge on any atom is -0.444 e. The van der Waals surface area contributed by atoms with Crippen molar-refractivity contribution in [1.82, 2.24) is 15.1 Å². The summed E-state index contributed by atoms with van der Waals surface area (Å²) in [6.45, 7) is 9.27. The zero-order valence-corrected chi connectivity index (χ0v) is 18.0. The van der Waals surface area contributed by atoms with E-state index >= 15 is 0 Å². The highest BCUT2D eigenvalue weighted by atomic mass is 16.6. The molecule has 2 aliphatic rings. The van der Waals surface area contributed by atoms with Crippen molar-refractivity contribution >= 4 is 12.0 Å². The predicted molar refractivity (Wildman–Crippen MR) is 113 cm³/mol. The van der Waals surface area contributed by atoms with E-state index in [1.54, 1.807) is 4.90 Å². The molecule has 0 saturated carbocycles. The number of benzene rings is 1. The number of nitrogens with zero attached hydrogens (tertiary/aromatic N) is 2. The van der Waals surface area contributed by atoms with E-state index in [-0.39, 0.29) is 17.9 Å². The summed E-state index contributed by atoms with van der Waals surface area (Å²) in [6.07, 6.45) is 3.91. The van der Waals surface area contributed by atoms with Crippen LogP contribution in [0.5, 0.6) is 0 Å². The van der Waals surface area contributed by atoms with Crippen LogP contribution in [0.3, 0.4) is 0 Å². The molecule has 2 fully saturated rings. The van der Waals surface area contributed by atoms with Crippen LogP contribution in [0, 0.1) is 5.92 Å². The standard InChI is InChI=1S/C23H35N3O3/c1-23(2,3)29-22(28)26-14-12-19(17-26)21(27)24-15-20-11-7-8-13-25(20)16-18-9-5-4-6-10-18/h4-6,9-10,19-20H,7-8,11-17H2,1-3H3,(H,24,27). The molecular weight excluding hydrogens is 366 g/mol. The molecule has 160 valence electrons. The van der Waals surface area contributed by atoms with Crippen LogP contribution in [-0.4, -0.2) is 59.6 Å². The fourth-order valence-corrected chi connectivity index (χ4v) is 4.15. The van der Waals surface area contributed by atoms with Crippen LogP contribution in [0.2, 0.25) is 0 Å². The zero-order valence-electron chi connectivity index (χ0n) is 18.0. The summed E-state index contributed by atoms with van der Waals surface area (Å²) in [5, 5.41) is 3.16. The summed E-state index contributed by atoms with van der Waals surface area (Å²) >= 11 is 0. The van der Waals surface area contributed by atoms with Gasteiger partial charge in [0, 0.05) is 32.2 Å². The third kappa shape index (κ3) is 6.46. The highest BCUT2D eigenvalue weighted by Crippen LogP contribution is 2.21. The first-order valence-corrected chi connectivity index (χ1v) is 10.9. The second-order valence-corrected chi connectivity index (χ2v) is 9.26. The van der Waals surface area contributed by atoms with Crippen molar-refractivity contribution in [3.63, 3.8) is 0 Å². The van der Waals surface area contributed by atoms with Crippen molar-refractivity contribution in [2.24, 2.45) is 5.92 Å². The van der Waals surface area contributed by atoms with Gasteiger partial charge in [-0.1, -0.05) is 36.8 Å². The SMILES string of the molecule is CC(C)(C)OC(=O)N1CCC(C(=O)NCC2CCCCN2Cc2ccccc2)C1. The molecule has 0 radical (unpaired) electrons. The summed E-state index contributed by atoms with van der Waals surface area (Å²) < 4.78 is 5.42. The monoisotopic (exact) mass is 401 g/mol. The summed E-state index contributed by atoms with van der Waals surface area (Å²) in [4.78, 5) is 29.1. The van der Waals surface area contributed by atoms with Crippen LogP contribution >= 0.6 is 0 Å². The molecule has 6 heteroatoms. The topological polar surface area (TPSA) is 61.9 Å². The van der Waals surface area contributed by atoms with E-state index in [4.69, 9.17) is 4.74 Å². The maximum Gasteiger partial charge on any atom is 0.410 e. The first-order valence-electron chi connectivity index (χ1n) is 10.9. The van der Waals surface area contributed by atoms with E-state index < -0.39 is 5.60 Å². The van der Waals surface area contributed by atoms with Crippen molar-refractivity contribution in [1.29, 1.82) is 0 Å². The summed E-state index contributed by atoms with van der Waals surface area (Å²) in [5.74, 6) is -0.0880. The van der Waals surface area contributed by atoms with Crippen LogP contribution < -0.4 is 5.32 Å². The Balaban J connectivity index is 1.47. The first kappa shape index (κ1) is 21.6. The molecule has 2 saturated heterocycles. The molecule has 2 amide bonds. The Morgan fingerprint density at radius 3 is 2.59 bits per heavy atom. The molecule has 0 spiro atoms. The van der Waals surface area contributed by atoms with Crippen molar-refractivity contribution in [3.05, 3.63) is 35.9 Å². The van der Waals surface area contributed by atoms with Crippen LogP contribution in [-0.2, 0) is 16.1 Å². The van der Waals surface area contributed by atoms with Crippen LogP contribution in [0.1, 0.15) is 52.0 Å². The lowest BCUT2D eigenvalue weighted by atomic mass is 10.0. The summed E-state index contributed by atoms with van der Waals surface area (Å²) in [5.41, 5.74) is 0.801. The second kappa shape index (κ2) is 9.61. The zero-order chi connectivity index (χ0) is 20.9. The van der Waals surface area contributed by atoms with Crippen molar-refractivity contribution in [3.8, 4) is 0 Å². The van der Waals surface area contributed by atoms with Crippen LogP contribution in [0.25, 0.3) is 0 Å². The lowest BCUT2D eigenvalue weighted by Crippen LogP contribution is -2.47. The van der Waals surface area contributed by atoms with Gasteiger partial charge in [0.15, 0.2) is 0 Å². The molecule has 1 aromatic carbocycles. The number of nitrogens with one attached hydrogen (secondary N) is 1. The number of carbonyl (C=O) groups is 2. The predicted octanol–water partition coefficient (Wildman–Crippen LogP) is 3.41. The maximum atomic E-state index is 12.7. The molecule has 6 nitrogen and oxygen atoms in total. The quantitative estimate of drug-likeness (QED) is 0.821. The van der Waals surface area contributed by atoms with Crippen molar-refractivity contribution in [2.45, 2.75) is 64.6 Å². The number of carbonyl (C=O) groups excluding carboxylic acids is 2. The van der Waals surface area contributed by atoms with Gasteiger partial charge in [-0.3, -0.25) is 9.69 Å². The number of rotatable bonds is 5. The average Bonchev–Trinajstić information content (AvgIpc) is 3.17. The number of hydrogen-bond acceptors (Lipinski definition) is 4. The molecule has 2 unspecified atom stereocenters. The molecule has 1 aromatic rings. The molecule has 1 N–H and O–H groups in total. The van der Waals surface area contributed by atoms with Gasteiger partial charge in [-0.15, -0.1) is 0 Å². The number of hydrogen-bond donors (Lipinski definition) is 1. The van der Waals surface area contributed by atoms with Gasteiger partial charge in [0.2, 0.25) is 5.91 Å². The lowest BCUT2D eigenvalue weighted by Gasteiger charge is -2.36. The fraction of sp³-hybridized carbons (Fsp3) is 0.652. The Labute approximate surface area is 174 Å². The van der Waals surface area contributed by atoms with E-state index in [1.165, 1.54) is 18.4 Å². The van der Waals surface area contributed by atoms with Gasteiger partial charge < -0.3 is 15.0 Å². The summed E-state index contributed by atoms with van der Waals surface area (Å²) in [6, 6.07) is 10.9. The Hall–Kier alpha value is -2.08. The number of likely N-dealkylation sites (tertiary alicyclic amines) is 2. The molecule has 3 rings (SSSR count). The molecule has 0 aliphatic carbocycles. The normalized spacial score (nSPS) is 23.1. The Bertz CT molecular complexity index is 686. The molecule has 2 atom stereocenters. The van der Waals surface area contributed by atoms with E-state index in [0.717, 1.165) is 19.5 Å². The van der Waals surface area contributed by atoms with Gasteiger partial charge in [-0.05, 0) is 52.1 Å². The molecule has 0 bridgehead atoms. The highest BCUT2D eigenvalue weighted by Gasteiger charge is 2.34. The van der Waals surface area contributed by atoms with Gasteiger partial charge in [0.25, 0.3) is 0 Å². The van der Waals surface area contributed by atoms with Gasteiger partial charge in [0.1, 0.15) is 5.60 Å². The van der Waals surface area contributed by atoms with Crippen molar-refractivity contribution in [2.75, 3.05) is 26.2 Å². The number of ether oxygens (including phenoxy) is 1. The number of amides is 2. The Morgan fingerprint density at radius 2 is 1.86 bits per heavy atom.